The van der Waals surface area contributed by atoms with Crippen molar-refractivity contribution in [2.24, 2.45) is 0 Å². The molecule has 0 amide bonds. The third-order valence-electron chi connectivity index (χ3n) is 4.06. The molecule has 0 aliphatic carbocycles. The van der Waals surface area contributed by atoms with E-state index in [0.717, 1.165) is 29.7 Å². The summed E-state index contributed by atoms with van der Waals surface area (Å²) in [5.41, 5.74) is 2.13. The summed E-state index contributed by atoms with van der Waals surface area (Å²) in [5, 5.41) is 12.2. The Morgan fingerprint density at radius 1 is 1.16 bits per heavy atom. The summed E-state index contributed by atoms with van der Waals surface area (Å²) in [6.07, 6.45) is 1.19. The number of rotatable bonds is 8. The van der Waals surface area contributed by atoms with Crippen molar-refractivity contribution in [3.05, 3.63) is 65.2 Å². The van der Waals surface area contributed by atoms with Gasteiger partial charge in [-0.1, -0.05) is 42.5 Å². The lowest BCUT2D eigenvalue weighted by atomic mass is 10.0. The molecule has 1 atom stereocenters. The molecule has 1 heterocycles. The van der Waals surface area contributed by atoms with Crippen molar-refractivity contribution in [1.29, 1.82) is 5.26 Å². The van der Waals surface area contributed by atoms with E-state index in [0.29, 0.717) is 11.4 Å². The van der Waals surface area contributed by atoms with Crippen LogP contribution in [-0.2, 0) is 11.3 Å². The first-order valence-corrected chi connectivity index (χ1v) is 9.23. The van der Waals surface area contributed by atoms with Crippen LogP contribution < -0.4 is 5.32 Å². The second-order valence-electron chi connectivity index (χ2n) is 5.92. The molecule has 2 N–H and O–H groups in total. The van der Waals surface area contributed by atoms with Crippen LogP contribution in [0.2, 0.25) is 0 Å². The number of thiazole rings is 1. The van der Waals surface area contributed by atoms with Crippen LogP contribution >= 0.6 is 11.3 Å². The van der Waals surface area contributed by atoms with Gasteiger partial charge in [-0.25, -0.2) is 4.98 Å². The minimum absolute atomic E-state index is 0.0327. The lowest BCUT2D eigenvalue weighted by Crippen LogP contribution is -2.82. The predicted octanol–water partition coefficient (Wildman–Crippen LogP) is 3.02. The summed E-state index contributed by atoms with van der Waals surface area (Å²) >= 11 is 1.44. The zero-order valence-corrected chi connectivity index (χ0v) is 14.7. The molecular weight excluding hydrogens is 330 g/mol. The Bertz CT molecular complexity index is 850. The first-order chi connectivity index (χ1) is 12.3. The second-order valence-corrected chi connectivity index (χ2v) is 6.98. The zero-order valence-electron chi connectivity index (χ0n) is 13.9. The number of aromatic nitrogens is 1. The van der Waals surface area contributed by atoms with Gasteiger partial charge in [-0.2, -0.15) is 5.26 Å². The molecule has 0 aliphatic heterocycles. The van der Waals surface area contributed by atoms with Crippen molar-refractivity contribution < 1.29 is 10.1 Å². The first-order valence-electron chi connectivity index (χ1n) is 8.41. The van der Waals surface area contributed by atoms with Crippen molar-refractivity contribution in [1.82, 2.24) is 4.98 Å². The Balaban J connectivity index is 1.50. The number of nitrogens with two attached hydrogens (primary N) is 1. The summed E-state index contributed by atoms with van der Waals surface area (Å²) in [4.78, 5) is 16.9. The van der Waals surface area contributed by atoms with E-state index in [4.69, 9.17) is 0 Å². The fourth-order valence-corrected chi connectivity index (χ4v) is 3.76. The normalized spacial score (nSPS) is 12.0. The maximum absolute atomic E-state index is 12.4. The van der Waals surface area contributed by atoms with E-state index in [1.807, 2.05) is 42.5 Å². The number of carbonyl (C=O) groups is 1. The predicted molar refractivity (Wildman–Crippen MR) is 99.2 cm³/mol. The summed E-state index contributed by atoms with van der Waals surface area (Å²) in [6, 6.07) is 20.1. The van der Waals surface area contributed by atoms with Crippen molar-refractivity contribution >= 4 is 27.3 Å². The summed E-state index contributed by atoms with van der Waals surface area (Å²) in [7, 11) is 0. The van der Waals surface area contributed by atoms with Crippen molar-refractivity contribution in [2.45, 2.75) is 25.3 Å². The second kappa shape index (κ2) is 8.52. The number of ketones is 1. The first kappa shape index (κ1) is 17.3. The highest BCUT2D eigenvalue weighted by Gasteiger charge is 2.23. The molecule has 2 aromatic carbocycles. The quantitative estimate of drug-likeness (QED) is 0.635. The zero-order chi connectivity index (χ0) is 17.5. The topological polar surface area (TPSA) is 70.4 Å². The Morgan fingerprint density at radius 3 is 2.68 bits per heavy atom. The molecule has 1 aromatic heterocycles. The standard InChI is InChI=1S/C20H19N3OS/c21-13-16(20-23-17-9-4-5-11-19(17)25-20)18(24)10-6-12-22-14-15-7-2-1-3-8-15/h1-5,7-9,11,16,22H,6,10,12,14H2/p+1/t16-/m1/s1. The number of nitriles is 1. The fraction of sp³-hybridized carbons (Fsp3) is 0.250. The molecule has 4 nitrogen and oxygen atoms in total. The van der Waals surface area contributed by atoms with Crippen LogP contribution in [0.15, 0.2) is 54.6 Å². The van der Waals surface area contributed by atoms with Gasteiger partial charge in [0.2, 0.25) is 0 Å². The fourth-order valence-electron chi connectivity index (χ4n) is 2.73. The van der Waals surface area contributed by atoms with Crippen LogP contribution in [0.5, 0.6) is 0 Å². The van der Waals surface area contributed by atoms with E-state index in [9.17, 15) is 10.1 Å². The highest BCUT2D eigenvalue weighted by atomic mass is 32.1. The number of benzene rings is 2. The molecule has 3 aromatic rings. The Hall–Kier alpha value is -2.55. The Morgan fingerprint density at radius 2 is 1.92 bits per heavy atom. The number of Topliss-reactive ketones (excluding diaryl/α,β-unsaturated/α-hetero) is 1. The third-order valence-corrected chi connectivity index (χ3v) is 5.16. The van der Waals surface area contributed by atoms with Gasteiger partial charge < -0.3 is 5.32 Å². The average molecular weight is 350 g/mol. The number of carbonyl (C=O) groups excluding carboxylic acids is 1. The molecule has 0 unspecified atom stereocenters. The van der Waals surface area contributed by atoms with Gasteiger partial charge in [0, 0.05) is 18.4 Å². The van der Waals surface area contributed by atoms with Crippen molar-refractivity contribution in [2.75, 3.05) is 6.54 Å². The number of hydrogen-bond donors (Lipinski definition) is 1. The number of nitrogens with zero attached hydrogens (tertiary/aromatic N) is 2. The highest BCUT2D eigenvalue weighted by Crippen LogP contribution is 2.28. The Labute approximate surface area is 151 Å². The summed E-state index contributed by atoms with van der Waals surface area (Å²) < 4.78 is 1.02. The van der Waals surface area contributed by atoms with Crippen LogP contribution in [0.3, 0.4) is 0 Å². The van der Waals surface area contributed by atoms with Crippen LogP contribution in [-0.4, -0.2) is 17.3 Å². The number of fused-ring (bicyclic) bond motifs is 1. The van der Waals surface area contributed by atoms with E-state index in [2.05, 4.69) is 28.5 Å². The van der Waals surface area contributed by atoms with Gasteiger partial charge in [-0.15, -0.1) is 11.3 Å². The van der Waals surface area contributed by atoms with Crippen LogP contribution in [0, 0.1) is 11.3 Å². The molecule has 126 valence electrons. The van der Waals surface area contributed by atoms with E-state index in [-0.39, 0.29) is 5.78 Å². The molecule has 0 fully saturated rings. The molecule has 25 heavy (non-hydrogen) atoms. The maximum Gasteiger partial charge on any atom is 0.157 e. The smallest absolute Gasteiger partial charge is 0.157 e. The third kappa shape index (κ3) is 4.50. The van der Waals surface area contributed by atoms with Crippen LogP contribution in [0.25, 0.3) is 10.2 Å². The van der Waals surface area contributed by atoms with Gasteiger partial charge in [0.1, 0.15) is 11.6 Å². The van der Waals surface area contributed by atoms with Gasteiger partial charge in [-0.3, -0.25) is 4.79 Å². The van der Waals surface area contributed by atoms with Crippen LogP contribution in [0.1, 0.15) is 29.3 Å². The minimum atomic E-state index is -0.744. The van der Waals surface area contributed by atoms with Gasteiger partial charge in [-0.05, 0) is 12.1 Å². The van der Waals surface area contributed by atoms with Crippen molar-refractivity contribution in [3.8, 4) is 6.07 Å². The lowest BCUT2D eigenvalue weighted by molar-refractivity contribution is -0.670. The molecular formula is C20H20N3OS+. The summed E-state index contributed by atoms with van der Waals surface area (Å²) in [6.45, 7) is 1.78. The molecule has 5 heteroatoms. The number of para-hydroxylation sites is 1. The maximum atomic E-state index is 12.4. The molecule has 0 radical (unpaired) electrons. The molecule has 0 spiro atoms. The van der Waals surface area contributed by atoms with E-state index >= 15 is 0 Å². The van der Waals surface area contributed by atoms with Gasteiger partial charge in [0.25, 0.3) is 0 Å². The molecule has 3 rings (SSSR count). The average Bonchev–Trinajstić information content (AvgIpc) is 3.06. The minimum Gasteiger partial charge on any atom is -0.342 e. The van der Waals surface area contributed by atoms with Crippen molar-refractivity contribution in [3.63, 3.8) is 0 Å². The van der Waals surface area contributed by atoms with E-state index in [1.54, 1.807) is 0 Å². The largest absolute Gasteiger partial charge is 0.342 e. The number of quaternary nitrogens is 1. The van der Waals surface area contributed by atoms with Gasteiger partial charge in [0.15, 0.2) is 11.7 Å². The van der Waals surface area contributed by atoms with E-state index in [1.165, 1.54) is 16.9 Å². The Kier molecular flexibility index (Phi) is 5.89. The number of hydrogen-bond acceptors (Lipinski definition) is 4. The highest BCUT2D eigenvalue weighted by molar-refractivity contribution is 7.18. The van der Waals surface area contributed by atoms with Crippen LogP contribution in [0.4, 0.5) is 0 Å². The lowest BCUT2D eigenvalue weighted by Gasteiger charge is -2.05. The molecule has 0 saturated carbocycles. The SMILES string of the molecule is N#C[C@H](C(=O)CCC[NH2+]Cc1ccccc1)c1nc2ccccc2s1. The summed E-state index contributed by atoms with van der Waals surface area (Å²) in [5.74, 6) is -0.777. The monoisotopic (exact) mass is 350 g/mol. The molecule has 0 saturated heterocycles. The molecule has 0 aliphatic rings. The molecule has 0 bridgehead atoms. The van der Waals surface area contributed by atoms with Gasteiger partial charge >= 0.3 is 0 Å². The van der Waals surface area contributed by atoms with E-state index < -0.39 is 5.92 Å². The van der Waals surface area contributed by atoms with Gasteiger partial charge in [0.05, 0.1) is 22.8 Å².